The van der Waals surface area contributed by atoms with Gasteiger partial charge in [-0.2, -0.15) is 13.2 Å². The molecular formula is C26H26F6O. The number of benzene rings is 2. The van der Waals surface area contributed by atoms with Crippen LogP contribution in [0.1, 0.15) is 74.8 Å². The van der Waals surface area contributed by atoms with Crippen molar-refractivity contribution in [3.05, 3.63) is 46.8 Å². The minimum atomic E-state index is -4.90. The van der Waals surface area contributed by atoms with E-state index in [1.807, 2.05) is 0 Å². The van der Waals surface area contributed by atoms with Crippen LogP contribution in [0.15, 0.2) is 18.2 Å². The van der Waals surface area contributed by atoms with E-state index in [2.05, 4.69) is 0 Å². The highest BCUT2D eigenvalue weighted by Gasteiger charge is 2.27. The van der Waals surface area contributed by atoms with Gasteiger partial charge in [0.1, 0.15) is 11.6 Å². The van der Waals surface area contributed by atoms with Gasteiger partial charge in [0.05, 0.1) is 17.1 Å². The molecule has 178 valence electrons. The van der Waals surface area contributed by atoms with Crippen molar-refractivity contribution in [1.82, 2.24) is 0 Å². The largest absolute Gasteiger partial charge is 0.458 e. The Kier molecular flexibility index (Phi) is 7.23. The Labute approximate surface area is 189 Å². The highest BCUT2D eigenvalue weighted by atomic mass is 19.4. The topological polar surface area (TPSA) is 9.23 Å². The second-order valence-electron chi connectivity index (χ2n) is 9.18. The third-order valence-electron chi connectivity index (χ3n) is 6.92. The van der Waals surface area contributed by atoms with Gasteiger partial charge in [0.25, 0.3) is 0 Å². The summed E-state index contributed by atoms with van der Waals surface area (Å²) in [6.07, 6.45) is 4.87. The second kappa shape index (κ2) is 9.97. The van der Waals surface area contributed by atoms with Crippen LogP contribution in [0.25, 0.3) is 10.8 Å². The lowest BCUT2D eigenvalue weighted by molar-refractivity contribution is -0.0696. The van der Waals surface area contributed by atoms with Gasteiger partial charge in [0, 0.05) is 12.5 Å². The van der Waals surface area contributed by atoms with Crippen LogP contribution >= 0.6 is 0 Å². The lowest BCUT2D eigenvalue weighted by Crippen LogP contribution is -2.21. The first-order valence-electron chi connectivity index (χ1n) is 11.5. The Morgan fingerprint density at radius 2 is 1.64 bits per heavy atom. The lowest BCUT2D eigenvalue weighted by Gasteiger charge is -2.30. The van der Waals surface area contributed by atoms with E-state index in [9.17, 15) is 26.3 Å². The van der Waals surface area contributed by atoms with Crippen molar-refractivity contribution in [2.75, 3.05) is 6.61 Å². The zero-order chi connectivity index (χ0) is 23.6. The number of alkyl halides is 3. The fourth-order valence-electron chi connectivity index (χ4n) is 5.16. The van der Waals surface area contributed by atoms with Gasteiger partial charge in [-0.15, -0.1) is 0 Å². The van der Waals surface area contributed by atoms with Crippen LogP contribution in [0.5, 0.6) is 0 Å². The Morgan fingerprint density at radius 3 is 2.30 bits per heavy atom. The van der Waals surface area contributed by atoms with Crippen molar-refractivity contribution in [1.29, 1.82) is 0 Å². The summed E-state index contributed by atoms with van der Waals surface area (Å²) in [5.41, 5.74) is -0.407. The molecule has 2 aromatic rings. The molecule has 2 fully saturated rings. The Hall–Kier alpha value is -2.20. The van der Waals surface area contributed by atoms with Crippen molar-refractivity contribution in [3.8, 4) is 11.8 Å². The molecule has 33 heavy (non-hydrogen) atoms. The summed E-state index contributed by atoms with van der Waals surface area (Å²) in [7, 11) is 0. The molecule has 0 aromatic heterocycles. The molecule has 1 aliphatic carbocycles. The SMILES string of the molecule is Fc1cc2cc(C3CCC(CCC4CCCCO4)CC3)cc(F)c2c(F)c1C#CC(F)(F)F. The van der Waals surface area contributed by atoms with E-state index < -0.39 is 34.6 Å². The van der Waals surface area contributed by atoms with Crippen LogP contribution in [0, 0.1) is 35.2 Å². The number of hydrogen-bond donors (Lipinski definition) is 0. The van der Waals surface area contributed by atoms with Crippen LogP contribution in [-0.2, 0) is 4.74 Å². The third kappa shape index (κ3) is 5.84. The van der Waals surface area contributed by atoms with E-state index in [4.69, 9.17) is 4.74 Å². The molecule has 7 heteroatoms. The van der Waals surface area contributed by atoms with Crippen molar-refractivity contribution in [3.63, 3.8) is 0 Å². The van der Waals surface area contributed by atoms with Crippen LogP contribution < -0.4 is 0 Å². The van der Waals surface area contributed by atoms with E-state index in [-0.39, 0.29) is 11.3 Å². The predicted molar refractivity (Wildman–Crippen MR) is 114 cm³/mol. The Bertz CT molecular complexity index is 1050. The number of ether oxygens (including phenoxy) is 1. The zero-order valence-electron chi connectivity index (χ0n) is 18.2. The van der Waals surface area contributed by atoms with Crippen molar-refractivity contribution in [2.45, 2.75) is 76.0 Å². The molecule has 0 bridgehead atoms. The van der Waals surface area contributed by atoms with Crippen LogP contribution in [0.3, 0.4) is 0 Å². The molecule has 1 heterocycles. The molecule has 1 unspecified atom stereocenters. The van der Waals surface area contributed by atoms with Crippen LogP contribution in [0.2, 0.25) is 0 Å². The van der Waals surface area contributed by atoms with Crippen LogP contribution in [0.4, 0.5) is 26.3 Å². The van der Waals surface area contributed by atoms with Gasteiger partial charge in [-0.1, -0.05) is 12.0 Å². The fraction of sp³-hybridized carbons (Fsp3) is 0.538. The molecular weight excluding hydrogens is 442 g/mol. The minimum Gasteiger partial charge on any atom is -0.378 e. The minimum absolute atomic E-state index is 0.00544. The monoisotopic (exact) mass is 468 g/mol. The van der Waals surface area contributed by atoms with Gasteiger partial charge in [0.2, 0.25) is 0 Å². The third-order valence-corrected chi connectivity index (χ3v) is 6.92. The van der Waals surface area contributed by atoms with Gasteiger partial charge < -0.3 is 4.74 Å². The number of hydrogen-bond acceptors (Lipinski definition) is 1. The summed E-state index contributed by atoms with van der Waals surface area (Å²) >= 11 is 0. The van der Waals surface area contributed by atoms with Gasteiger partial charge >= 0.3 is 6.18 Å². The summed E-state index contributed by atoms with van der Waals surface area (Å²) in [5.74, 6) is -0.564. The molecule has 1 atom stereocenters. The molecule has 0 N–H and O–H groups in total. The number of rotatable bonds is 4. The van der Waals surface area contributed by atoms with Gasteiger partial charge in [-0.05, 0) is 92.7 Å². The maximum atomic E-state index is 14.8. The molecule has 4 rings (SSSR count). The van der Waals surface area contributed by atoms with Crippen molar-refractivity contribution < 1.29 is 31.1 Å². The zero-order valence-corrected chi connectivity index (χ0v) is 18.2. The smallest absolute Gasteiger partial charge is 0.378 e. The molecule has 2 aromatic carbocycles. The maximum absolute atomic E-state index is 14.8. The van der Waals surface area contributed by atoms with Crippen molar-refractivity contribution >= 4 is 10.8 Å². The van der Waals surface area contributed by atoms with E-state index in [1.54, 1.807) is 6.07 Å². The van der Waals surface area contributed by atoms with E-state index in [1.165, 1.54) is 18.4 Å². The summed E-state index contributed by atoms with van der Waals surface area (Å²) < 4.78 is 86.6. The summed E-state index contributed by atoms with van der Waals surface area (Å²) in [4.78, 5) is 0. The first-order chi connectivity index (χ1) is 15.7. The van der Waals surface area contributed by atoms with Crippen molar-refractivity contribution in [2.24, 2.45) is 5.92 Å². The Morgan fingerprint density at radius 1 is 0.879 bits per heavy atom. The normalized spacial score (nSPS) is 23.9. The second-order valence-corrected chi connectivity index (χ2v) is 9.18. The number of halogens is 6. The van der Waals surface area contributed by atoms with Gasteiger partial charge in [-0.3, -0.25) is 0 Å². The number of fused-ring (bicyclic) bond motifs is 1. The first-order valence-corrected chi connectivity index (χ1v) is 11.5. The molecule has 0 radical (unpaired) electrons. The molecule has 0 amide bonds. The van der Waals surface area contributed by atoms with Crippen LogP contribution in [-0.4, -0.2) is 18.9 Å². The molecule has 1 aliphatic heterocycles. The first kappa shape index (κ1) is 23.9. The molecule has 1 saturated carbocycles. The maximum Gasteiger partial charge on any atom is 0.458 e. The molecule has 0 spiro atoms. The average Bonchev–Trinajstić information content (AvgIpc) is 2.77. The predicted octanol–water partition coefficient (Wildman–Crippen LogP) is 7.79. The summed E-state index contributed by atoms with van der Waals surface area (Å²) in [6.45, 7) is 0.850. The molecule has 1 nitrogen and oxygen atoms in total. The van der Waals surface area contributed by atoms with Gasteiger partial charge in [-0.25, -0.2) is 13.2 Å². The average molecular weight is 468 g/mol. The standard InChI is InChI=1S/C26H26F6O/c27-22-15-19-13-18(14-23(28)24(19)25(29)21(22)10-11-26(30,31)32)17-7-4-16(5-8-17)6-9-20-3-1-2-12-33-20/h13-17,20H,1-9,12H2. The molecule has 2 aliphatic rings. The van der Waals surface area contributed by atoms with E-state index in [0.717, 1.165) is 70.0 Å². The highest BCUT2D eigenvalue weighted by molar-refractivity contribution is 5.86. The summed E-state index contributed by atoms with van der Waals surface area (Å²) in [6, 6.07) is 3.64. The highest BCUT2D eigenvalue weighted by Crippen LogP contribution is 2.40. The summed E-state index contributed by atoms with van der Waals surface area (Å²) in [5, 5.41) is -0.540. The lowest BCUT2D eigenvalue weighted by atomic mass is 9.76. The van der Waals surface area contributed by atoms with Gasteiger partial charge in [0.15, 0.2) is 5.82 Å². The van der Waals surface area contributed by atoms with E-state index >= 15 is 0 Å². The molecule has 1 saturated heterocycles. The Balaban J connectivity index is 1.47. The van der Waals surface area contributed by atoms with E-state index in [0.29, 0.717) is 17.6 Å². The quantitative estimate of drug-likeness (QED) is 0.329. The fourth-order valence-corrected chi connectivity index (χ4v) is 5.16.